The Bertz CT molecular complexity index is 365. The summed E-state index contributed by atoms with van der Waals surface area (Å²) in [5.41, 5.74) is 2.97. The molecule has 1 aliphatic heterocycles. The molecule has 0 spiro atoms. The third-order valence-corrected chi connectivity index (χ3v) is 3.52. The molecule has 1 aromatic carbocycles. The van der Waals surface area contributed by atoms with Crippen molar-refractivity contribution in [3.05, 3.63) is 34.3 Å². The Morgan fingerprint density at radius 1 is 1.27 bits per heavy atom. The fourth-order valence-electron chi connectivity index (χ4n) is 2.11. The van der Waals surface area contributed by atoms with E-state index in [2.05, 4.69) is 31.7 Å². The van der Waals surface area contributed by atoms with E-state index in [0.29, 0.717) is 0 Å². The Hall–Kier alpha value is -0.530. The highest BCUT2D eigenvalue weighted by Crippen LogP contribution is 2.29. The van der Waals surface area contributed by atoms with Gasteiger partial charge in [0.15, 0.2) is 0 Å². The van der Waals surface area contributed by atoms with Gasteiger partial charge in [0.25, 0.3) is 0 Å². The van der Waals surface area contributed by atoms with Gasteiger partial charge in [0.2, 0.25) is 0 Å². The van der Waals surface area contributed by atoms with Gasteiger partial charge >= 0.3 is 0 Å². The Balaban J connectivity index is 2.30. The molecule has 0 amide bonds. The normalized spacial score (nSPS) is 17.6. The van der Waals surface area contributed by atoms with Crippen molar-refractivity contribution in [1.29, 1.82) is 0 Å². The number of fused-ring (bicyclic) bond motifs is 1. The Morgan fingerprint density at radius 2 is 2.00 bits per heavy atom. The maximum Gasteiger partial charge on any atom is 0.0453 e. The highest BCUT2D eigenvalue weighted by Gasteiger charge is 2.26. The van der Waals surface area contributed by atoms with Crippen LogP contribution in [-0.2, 0) is 13.0 Å². The first kappa shape index (κ1) is 11.0. The molecule has 0 saturated heterocycles. The van der Waals surface area contributed by atoms with E-state index in [4.69, 9.17) is 11.6 Å². The monoisotopic (exact) mass is 223 g/mol. The van der Waals surface area contributed by atoms with Crippen LogP contribution in [-0.4, -0.2) is 17.0 Å². The molecule has 0 aromatic heterocycles. The van der Waals surface area contributed by atoms with Crippen molar-refractivity contribution < 1.29 is 0 Å². The summed E-state index contributed by atoms with van der Waals surface area (Å²) < 4.78 is 0. The molecule has 0 unspecified atom stereocenters. The molecule has 0 atom stereocenters. The molecule has 0 aliphatic carbocycles. The zero-order chi connectivity index (χ0) is 11.1. The SMILES string of the molecule is CC(C)(C)N1CCc2cccc(Cl)c2C1. The molecule has 1 aromatic rings. The molecule has 0 bridgehead atoms. The van der Waals surface area contributed by atoms with Gasteiger partial charge in [-0.3, -0.25) is 4.90 Å². The molecule has 0 N–H and O–H groups in total. The van der Waals surface area contributed by atoms with Crippen LogP contribution in [0.3, 0.4) is 0 Å². The molecule has 0 saturated carbocycles. The quantitative estimate of drug-likeness (QED) is 0.651. The van der Waals surface area contributed by atoms with Gasteiger partial charge in [-0.25, -0.2) is 0 Å². The third kappa shape index (κ3) is 2.19. The Labute approximate surface area is 97.0 Å². The number of rotatable bonds is 0. The van der Waals surface area contributed by atoms with Gasteiger partial charge in [-0.1, -0.05) is 23.7 Å². The molecule has 2 rings (SSSR count). The lowest BCUT2D eigenvalue weighted by Crippen LogP contribution is -2.44. The van der Waals surface area contributed by atoms with Gasteiger partial charge in [-0.15, -0.1) is 0 Å². The molecule has 1 aliphatic rings. The largest absolute Gasteiger partial charge is 0.294 e. The average molecular weight is 224 g/mol. The molecule has 1 heterocycles. The highest BCUT2D eigenvalue weighted by atomic mass is 35.5. The van der Waals surface area contributed by atoms with E-state index in [-0.39, 0.29) is 5.54 Å². The van der Waals surface area contributed by atoms with Crippen LogP contribution >= 0.6 is 11.6 Å². The zero-order valence-electron chi connectivity index (χ0n) is 9.68. The summed E-state index contributed by atoms with van der Waals surface area (Å²) in [4.78, 5) is 2.49. The van der Waals surface area contributed by atoms with Crippen LogP contribution < -0.4 is 0 Å². The van der Waals surface area contributed by atoms with Crippen molar-refractivity contribution in [2.45, 2.75) is 39.3 Å². The topological polar surface area (TPSA) is 3.24 Å². The van der Waals surface area contributed by atoms with Gasteiger partial charge < -0.3 is 0 Å². The van der Waals surface area contributed by atoms with Crippen molar-refractivity contribution in [2.75, 3.05) is 6.54 Å². The molecule has 15 heavy (non-hydrogen) atoms. The first-order valence-electron chi connectivity index (χ1n) is 5.50. The lowest BCUT2D eigenvalue weighted by Gasteiger charge is -2.39. The fourth-order valence-corrected chi connectivity index (χ4v) is 2.37. The Morgan fingerprint density at radius 3 is 2.67 bits per heavy atom. The lowest BCUT2D eigenvalue weighted by molar-refractivity contribution is 0.121. The average Bonchev–Trinajstić information content (AvgIpc) is 2.16. The summed E-state index contributed by atoms with van der Waals surface area (Å²) in [6, 6.07) is 6.24. The standard InChI is InChI=1S/C13H18ClN/c1-13(2,3)15-8-7-10-5-4-6-12(14)11(10)9-15/h4-6H,7-9H2,1-3H3. The van der Waals surface area contributed by atoms with Crippen LogP contribution in [0.4, 0.5) is 0 Å². The van der Waals surface area contributed by atoms with Crippen molar-refractivity contribution in [1.82, 2.24) is 4.90 Å². The third-order valence-electron chi connectivity index (χ3n) is 3.16. The molecule has 2 heteroatoms. The maximum absolute atomic E-state index is 6.23. The van der Waals surface area contributed by atoms with E-state index in [1.54, 1.807) is 0 Å². The number of benzene rings is 1. The van der Waals surface area contributed by atoms with Gasteiger partial charge in [0.05, 0.1) is 0 Å². The van der Waals surface area contributed by atoms with Crippen LogP contribution in [0.15, 0.2) is 18.2 Å². The molecule has 0 fully saturated rings. The first-order chi connectivity index (χ1) is 6.98. The molecular weight excluding hydrogens is 206 g/mol. The van der Waals surface area contributed by atoms with Crippen LogP contribution in [0, 0.1) is 0 Å². The van der Waals surface area contributed by atoms with Gasteiger partial charge in [0.1, 0.15) is 0 Å². The second kappa shape index (κ2) is 3.80. The second-order valence-corrected chi connectivity index (χ2v) is 5.63. The van der Waals surface area contributed by atoms with Crippen LogP contribution in [0.5, 0.6) is 0 Å². The summed E-state index contributed by atoms with van der Waals surface area (Å²) in [7, 11) is 0. The van der Waals surface area contributed by atoms with E-state index in [1.807, 2.05) is 12.1 Å². The number of halogens is 1. The zero-order valence-corrected chi connectivity index (χ0v) is 10.4. The number of nitrogens with zero attached hydrogens (tertiary/aromatic N) is 1. The van der Waals surface area contributed by atoms with E-state index in [1.165, 1.54) is 11.1 Å². The summed E-state index contributed by atoms with van der Waals surface area (Å²) in [6.07, 6.45) is 1.12. The second-order valence-electron chi connectivity index (χ2n) is 5.22. The van der Waals surface area contributed by atoms with Crippen LogP contribution in [0.2, 0.25) is 5.02 Å². The van der Waals surface area contributed by atoms with Crippen molar-refractivity contribution >= 4 is 11.6 Å². The van der Waals surface area contributed by atoms with Crippen molar-refractivity contribution in [2.24, 2.45) is 0 Å². The summed E-state index contributed by atoms with van der Waals surface area (Å²) >= 11 is 6.23. The van der Waals surface area contributed by atoms with E-state index < -0.39 is 0 Å². The summed E-state index contributed by atoms with van der Waals surface area (Å²) in [6.45, 7) is 8.90. The van der Waals surface area contributed by atoms with Crippen molar-refractivity contribution in [3.8, 4) is 0 Å². The Kier molecular flexibility index (Phi) is 2.78. The molecular formula is C13H18ClN. The van der Waals surface area contributed by atoms with Crippen LogP contribution in [0.25, 0.3) is 0 Å². The lowest BCUT2D eigenvalue weighted by atomic mass is 9.95. The number of hydrogen-bond donors (Lipinski definition) is 0. The summed E-state index contributed by atoms with van der Waals surface area (Å²) in [5.74, 6) is 0. The summed E-state index contributed by atoms with van der Waals surface area (Å²) in [5, 5.41) is 0.918. The van der Waals surface area contributed by atoms with E-state index >= 15 is 0 Å². The van der Waals surface area contributed by atoms with Crippen LogP contribution in [0.1, 0.15) is 31.9 Å². The predicted molar refractivity (Wildman–Crippen MR) is 65.3 cm³/mol. The smallest absolute Gasteiger partial charge is 0.0453 e. The minimum Gasteiger partial charge on any atom is -0.294 e. The highest BCUT2D eigenvalue weighted by molar-refractivity contribution is 6.31. The minimum absolute atomic E-state index is 0.233. The molecule has 1 nitrogen and oxygen atoms in total. The van der Waals surface area contributed by atoms with E-state index in [0.717, 1.165) is 24.5 Å². The van der Waals surface area contributed by atoms with Gasteiger partial charge in [-0.2, -0.15) is 0 Å². The van der Waals surface area contributed by atoms with Crippen molar-refractivity contribution in [3.63, 3.8) is 0 Å². The molecule has 82 valence electrons. The fraction of sp³-hybridized carbons (Fsp3) is 0.538. The van der Waals surface area contributed by atoms with E-state index in [9.17, 15) is 0 Å². The van der Waals surface area contributed by atoms with Gasteiger partial charge in [0, 0.05) is 23.7 Å². The van der Waals surface area contributed by atoms with Gasteiger partial charge in [-0.05, 0) is 44.4 Å². The predicted octanol–water partition coefficient (Wildman–Crippen LogP) is 3.50. The minimum atomic E-state index is 0.233. The molecule has 0 radical (unpaired) electrons. The maximum atomic E-state index is 6.23. The first-order valence-corrected chi connectivity index (χ1v) is 5.87. The number of hydrogen-bond acceptors (Lipinski definition) is 1.